The molecule has 0 N–H and O–H groups in total. The lowest BCUT2D eigenvalue weighted by molar-refractivity contribution is 0.415. The van der Waals surface area contributed by atoms with E-state index in [0.717, 1.165) is 6.61 Å². The van der Waals surface area contributed by atoms with Gasteiger partial charge in [0.05, 0.1) is 6.61 Å². The fourth-order valence-corrected chi connectivity index (χ4v) is 1.44. The summed E-state index contributed by atoms with van der Waals surface area (Å²) in [5.41, 5.74) is 2.44. The van der Waals surface area contributed by atoms with Gasteiger partial charge in [-0.05, 0) is 11.1 Å². The van der Waals surface area contributed by atoms with Crippen LogP contribution in [0.2, 0.25) is 0 Å². The molecule has 1 aromatic carbocycles. The van der Waals surface area contributed by atoms with Crippen molar-refractivity contribution in [3.05, 3.63) is 35.4 Å². The van der Waals surface area contributed by atoms with Crippen LogP contribution >= 0.6 is 11.6 Å². The normalized spacial score (nSPS) is 21.7. The molecule has 0 radical (unpaired) electrons. The van der Waals surface area contributed by atoms with E-state index in [0.29, 0.717) is 12.0 Å². The first kappa shape index (κ1) is 7.14. The summed E-state index contributed by atoms with van der Waals surface area (Å²) in [6.45, 7) is 0.855. The van der Waals surface area contributed by atoms with Crippen LogP contribution in [-0.4, -0.2) is 6.61 Å². The third-order valence-electron chi connectivity index (χ3n) is 1.88. The van der Waals surface area contributed by atoms with Gasteiger partial charge < -0.3 is 4.74 Å². The molecule has 11 heavy (non-hydrogen) atoms. The highest BCUT2D eigenvalue weighted by molar-refractivity contribution is 6.17. The van der Waals surface area contributed by atoms with E-state index in [1.54, 1.807) is 0 Å². The van der Waals surface area contributed by atoms with Crippen LogP contribution in [0.25, 0.3) is 0 Å². The number of halogens is 1. The molecule has 0 aliphatic carbocycles. The second kappa shape index (κ2) is 2.84. The van der Waals surface area contributed by atoms with E-state index in [4.69, 9.17) is 16.3 Å². The summed E-state index contributed by atoms with van der Waals surface area (Å²) < 4.78 is 5.18. The summed E-state index contributed by atoms with van der Waals surface area (Å²) >= 11 is 5.75. The van der Waals surface area contributed by atoms with Crippen molar-refractivity contribution < 1.29 is 4.74 Å². The number of hydrogen-bond acceptors (Lipinski definition) is 1. The molecule has 0 spiro atoms. The first-order chi connectivity index (χ1) is 5.42. The molecule has 1 aliphatic heterocycles. The molecule has 0 bridgehead atoms. The first-order valence-electron chi connectivity index (χ1n) is 3.67. The summed E-state index contributed by atoms with van der Waals surface area (Å²) in [5.74, 6) is 0.579. The van der Waals surface area contributed by atoms with E-state index in [1.807, 2.05) is 18.2 Å². The van der Waals surface area contributed by atoms with Gasteiger partial charge in [0.1, 0.15) is 6.10 Å². The molecule has 0 amide bonds. The van der Waals surface area contributed by atoms with Gasteiger partial charge in [-0.2, -0.15) is 0 Å². The monoisotopic (exact) mass is 168 g/mol. The van der Waals surface area contributed by atoms with E-state index >= 15 is 0 Å². The Balaban J connectivity index is 2.34. The number of ether oxygens (including phenoxy) is 1. The Morgan fingerprint density at radius 1 is 1.45 bits per heavy atom. The zero-order valence-electron chi connectivity index (χ0n) is 6.09. The van der Waals surface area contributed by atoms with E-state index in [9.17, 15) is 0 Å². The minimum Gasteiger partial charge on any atom is -0.368 e. The highest BCUT2D eigenvalue weighted by atomic mass is 35.5. The zero-order chi connectivity index (χ0) is 7.68. The Morgan fingerprint density at radius 2 is 2.18 bits per heavy atom. The third kappa shape index (κ3) is 1.39. The van der Waals surface area contributed by atoms with Crippen LogP contribution in [0, 0.1) is 0 Å². The van der Waals surface area contributed by atoms with Gasteiger partial charge in [0.15, 0.2) is 0 Å². The molecular formula is C9H9ClO. The van der Waals surface area contributed by atoms with Crippen molar-refractivity contribution in [2.75, 3.05) is 6.61 Å². The molecular weight excluding hydrogens is 160 g/mol. The number of hydrogen-bond donors (Lipinski definition) is 0. The fourth-order valence-electron chi connectivity index (χ4n) is 1.20. The van der Waals surface area contributed by atoms with Crippen molar-refractivity contribution in [3.8, 4) is 0 Å². The molecule has 1 nitrogen and oxygen atoms in total. The van der Waals surface area contributed by atoms with Crippen molar-refractivity contribution in [2.24, 2.45) is 0 Å². The topological polar surface area (TPSA) is 12.5 Å². The summed E-state index contributed by atoms with van der Waals surface area (Å²) in [4.78, 5) is 0. The van der Waals surface area contributed by atoms with Crippen molar-refractivity contribution in [1.29, 1.82) is 0 Å². The van der Waals surface area contributed by atoms with E-state index in [-0.39, 0.29) is 0 Å². The quantitative estimate of drug-likeness (QED) is 0.488. The molecule has 1 unspecified atom stereocenters. The van der Waals surface area contributed by atoms with Crippen LogP contribution in [0.15, 0.2) is 24.3 Å². The second-order valence-corrected chi connectivity index (χ2v) is 2.92. The third-order valence-corrected chi connectivity index (χ3v) is 2.17. The van der Waals surface area contributed by atoms with Crippen LogP contribution in [0.1, 0.15) is 17.2 Å². The number of epoxide rings is 1. The Labute approximate surface area is 70.9 Å². The average Bonchev–Trinajstić information content (AvgIpc) is 2.87. The van der Waals surface area contributed by atoms with Crippen LogP contribution < -0.4 is 0 Å². The molecule has 58 valence electrons. The van der Waals surface area contributed by atoms with Gasteiger partial charge in [0.2, 0.25) is 0 Å². The second-order valence-electron chi connectivity index (χ2n) is 2.65. The molecule has 1 saturated heterocycles. The molecule has 2 rings (SSSR count). The molecule has 1 aliphatic rings. The predicted octanol–water partition coefficient (Wildman–Crippen LogP) is 2.50. The lowest BCUT2D eigenvalue weighted by Crippen LogP contribution is -1.87. The van der Waals surface area contributed by atoms with Crippen molar-refractivity contribution in [1.82, 2.24) is 0 Å². The molecule has 1 heterocycles. The highest BCUT2D eigenvalue weighted by Gasteiger charge is 2.26. The first-order valence-corrected chi connectivity index (χ1v) is 4.20. The Hall–Kier alpha value is -0.530. The molecule has 1 aromatic rings. The molecule has 1 atom stereocenters. The van der Waals surface area contributed by atoms with E-state index in [2.05, 4.69) is 6.07 Å². The van der Waals surface area contributed by atoms with Crippen molar-refractivity contribution in [3.63, 3.8) is 0 Å². The van der Waals surface area contributed by atoms with Gasteiger partial charge in [-0.25, -0.2) is 0 Å². The largest absolute Gasteiger partial charge is 0.368 e. The maximum absolute atomic E-state index is 5.75. The zero-order valence-corrected chi connectivity index (χ0v) is 6.84. The molecule has 1 fully saturated rings. The fraction of sp³-hybridized carbons (Fsp3) is 0.333. The summed E-state index contributed by atoms with van der Waals surface area (Å²) in [6, 6.07) is 8.15. The minimum absolute atomic E-state index is 0.324. The standard InChI is InChI=1S/C9H9ClO/c10-5-7-3-1-2-4-8(7)9-6-11-9/h1-4,9H,5-6H2. The van der Waals surface area contributed by atoms with Crippen molar-refractivity contribution >= 4 is 11.6 Å². The smallest absolute Gasteiger partial charge is 0.106 e. The Bertz CT molecular complexity index is 255. The lowest BCUT2D eigenvalue weighted by Gasteiger charge is -2.01. The van der Waals surface area contributed by atoms with Crippen molar-refractivity contribution in [2.45, 2.75) is 12.0 Å². The van der Waals surface area contributed by atoms with Gasteiger partial charge >= 0.3 is 0 Å². The number of alkyl halides is 1. The number of benzene rings is 1. The Kier molecular flexibility index (Phi) is 1.84. The summed E-state index contributed by atoms with van der Waals surface area (Å²) in [6.07, 6.45) is 0.324. The Morgan fingerprint density at radius 3 is 2.82 bits per heavy atom. The van der Waals surface area contributed by atoms with Crippen LogP contribution in [0.4, 0.5) is 0 Å². The maximum atomic E-state index is 5.75. The predicted molar refractivity (Wildman–Crippen MR) is 44.7 cm³/mol. The average molecular weight is 169 g/mol. The van der Waals surface area contributed by atoms with Gasteiger partial charge in [0.25, 0.3) is 0 Å². The van der Waals surface area contributed by atoms with Gasteiger partial charge in [0, 0.05) is 5.88 Å². The van der Waals surface area contributed by atoms with Crippen LogP contribution in [-0.2, 0) is 10.6 Å². The molecule has 0 aromatic heterocycles. The van der Waals surface area contributed by atoms with Gasteiger partial charge in [-0.15, -0.1) is 11.6 Å². The van der Waals surface area contributed by atoms with Crippen LogP contribution in [0.3, 0.4) is 0 Å². The van der Waals surface area contributed by atoms with Gasteiger partial charge in [-0.1, -0.05) is 24.3 Å². The van der Waals surface area contributed by atoms with Gasteiger partial charge in [-0.3, -0.25) is 0 Å². The summed E-state index contributed by atoms with van der Waals surface area (Å²) in [7, 11) is 0. The molecule has 0 saturated carbocycles. The number of rotatable bonds is 2. The van der Waals surface area contributed by atoms with Crippen LogP contribution in [0.5, 0.6) is 0 Å². The lowest BCUT2D eigenvalue weighted by atomic mass is 10.1. The minimum atomic E-state index is 0.324. The van der Waals surface area contributed by atoms with E-state index < -0.39 is 0 Å². The highest BCUT2D eigenvalue weighted by Crippen LogP contribution is 2.32. The van der Waals surface area contributed by atoms with E-state index in [1.165, 1.54) is 11.1 Å². The maximum Gasteiger partial charge on any atom is 0.106 e. The summed E-state index contributed by atoms with van der Waals surface area (Å²) in [5, 5.41) is 0. The SMILES string of the molecule is ClCc1ccccc1C1CO1. The molecule has 2 heteroatoms.